The lowest BCUT2D eigenvalue weighted by Crippen LogP contribution is -2.43. The molecule has 0 aromatic rings. The predicted octanol–water partition coefficient (Wildman–Crippen LogP) is 1.19. The molecule has 17 heavy (non-hydrogen) atoms. The number of hydrogen-bond donors (Lipinski definition) is 1. The van der Waals surface area contributed by atoms with Gasteiger partial charge in [0.2, 0.25) is 10.0 Å². The van der Waals surface area contributed by atoms with E-state index in [0.29, 0.717) is 25.0 Å². The number of rotatable bonds is 7. The SMILES string of the molecule is CC(CNC1CC1)S(=O)(=O)N(C)CC1CCC1. The fraction of sp³-hybridized carbons (Fsp3) is 1.00. The van der Waals surface area contributed by atoms with E-state index in [0.717, 1.165) is 0 Å². The molecule has 4 nitrogen and oxygen atoms in total. The summed E-state index contributed by atoms with van der Waals surface area (Å²) < 4.78 is 26.0. The average Bonchev–Trinajstić information content (AvgIpc) is 3.03. The molecule has 0 amide bonds. The Morgan fingerprint density at radius 2 is 1.94 bits per heavy atom. The Hall–Kier alpha value is -0.130. The Bertz CT molecular complexity index is 348. The Kier molecular flexibility index (Phi) is 4.10. The van der Waals surface area contributed by atoms with Gasteiger partial charge in [0.1, 0.15) is 0 Å². The van der Waals surface area contributed by atoms with Crippen LogP contribution in [0.5, 0.6) is 0 Å². The van der Waals surface area contributed by atoms with Crippen molar-refractivity contribution in [1.29, 1.82) is 0 Å². The second-order valence-electron chi connectivity index (χ2n) is 5.62. The van der Waals surface area contributed by atoms with Gasteiger partial charge in [-0.25, -0.2) is 12.7 Å². The fourth-order valence-corrected chi connectivity index (χ4v) is 3.52. The van der Waals surface area contributed by atoms with E-state index >= 15 is 0 Å². The van der Waals surface area contributed by atoms with Gasteiger partial charge in [-0.2, -0.15) is 0 Å². The molecule has 0 heterocycles. The lowest BCUT2D eigenvalue weighted by molar-refractivity contribution is 0.262. The summed E-state index contributed by atoms with van der Waals surface area (Å²) in [6.45, 7) is 3.10. The van der Waals surface area contributed by atoms with Crippen LogP contribution < -0.4 is 5.32 Å². The number of nitrogens with zero attached hydrogens (tertiary/aromatic N) is 1. The number of nitrogens with one attached hydrogen (secondary N) is 1. The molecule has 2 saturated carbocycles. The molecule has 1 N–H and O–H groups in total. The van der Waals surface area contributed by atoms with Gasteiger partial charge in [0.25, 0.3) is 0 Å². The zero-order chi connectivity index (χ0) is 12.5. The van der Waals surface area contributed by atoms with Gasteiger partial charge in [-0.05, 0) is 38.5 Å². The first kappa shape index (κ1) is 13.3. The molecule has 100 valence electrons. The van der Waals surface area contributed by atoms with E-state index in [1.807, 2.05) is 6.92 Å². The number of hydrogen-bond acceptors (Lipinski definition) is 3. The van der Waals surface area contributed by atoms with Crippen LogP contribution in [0.25, 0.3) is 0 Å². The van der Waals surface area contributed by atoms with Crippen LogP contribution >= 0.6 is 0 Å². The van der Waals surface area contributed by atoms with Crippen molar-refractivity contribution in [2.45, 2.75) is 50.3 Å². The minimum atomic E-state index is -3.11. The molecule has 2 aliphatic carbocycles. The Balaban J connectivity index is 1.81. The van der Waals surface area contributed by atoms with Gasteiger partial charge in [-0.1, -0.05) is 6.42 Å². The molecule has 2 aliphatic rings. The van der Waals surface area contributed by atoms with Crippen molar-refractivity contribution in [3.05, 3.63) is 0 Å². The predicted molar refractivity (Wildman–Crippen MR) is 69.4 cm³/mol. The molecule has 5 heteroatoms. The maximum atomic E-state index is 12.2. The van der Waals surface area contributed by atoms with Crippen molar-refractivity contribution in [1.82, 2.24) is 9.62 Å². The maximum absolute atomic E-state index is 12.2. The summed E-state index contributed by atoms with van der Waals surface area (Å²) >= 11 is 0. The fourth-order valence-electron chi connectivity index (χ4n) is 2.18. The van der Waals surface area contributed by atoms with Crippen LogP contribution in [0.3, 0.4) is 0 Å². The highest BCUT2D eigenvalue weighted by molar-refractivity contribution is 7.89. The van der Waals surface area contributed by atoms with Crippen molar-refractivity contribution in [3.63, 3.8) is 0 Å². The zero-order valence-corrected chi connectivity index (χ0v) is 11.7. The normalized spacial score (nSPS) is 23.7. The van der Waals surface area contributed by atoms with E-state index in [4.69, 9.17) is 0 Å². The molecule has 0 aromatic carbocycles. The first-order valence-corrected chi connectivity index (χ1v) is 8.19. The third-order valence-corrected chi connectivity index (χ3v) is 6.16. The average molecular weight is 260 g/mol. The van der Waals surface area contributed by atoms with Crippen molar-refractivity contribution in [2.24, 2.45) is 5.92 Å². The monoisotopic (exact) mass is 260 g/mol. The van der Waals surface area contributed by atoms with E-state index < -0.39 is 10.0 Å². The van der Waals surface area contributed by atoms with Gasteiger partial charge < -0.3 is 5.32 Å². The summed E-state index contributed by atoms with van der Waals surface area (Å²) in [5.74, 6) is 0.596. The summed E-state index contributed by atoms with van der Waals surface area (Å²) in [7, 11) is -1.38. The van der Waals surface area contributed by atoms with Crippen LogP contribution in [0.15, 0.2) is 0 Å². The molecule has 0 bridgehead atoms. The highest BCUT2D eigenvalue weighted by Crippen LogP contribution is 2.28. The highest BCUT2D eigenvalue weighted by atomic mass is 32.2. The summed E-state index contributed by atoms with van der Waals surface area (Å²) in [4.78, 5) is 0. The van der Waals surface area contributed by atoms with Crippen LogP contribution in [-0.2, 0) is 10.0 Å². The van der Waals surface area contributed by atoms with Crippen molar-refractivity contribution in [3.8, 4) is 0 Å². The lowest BCUT2D eigenvalue weighted by atomic mass is 9.86. The topological polar surface area (TPSA) is 49.4 Å². The third-order valence-electron chi connectivity index (χ3n) is 3.95. The van der Waals surface area contributed by atoms with Crippen molar-refractivity contribution in [2.75, 3.05) is 20.1 Å². The minimum absolute atomic E-state index is 0.312. The summed E-state index contributed by atoms with van der Waals surface area (Å²) in [5, 5.41) is 2.98. The highest BCUT2D eigenvalue weighted by Gasteiger charge is 2.31. The minimum Gasteiger partial charge on any atom is -0.313 e. The summed E-state index contributed by atoms with van der Waals surface area (Å²) in [6, 6.07) is 0.574. The molecule has 2 rings (SSSR count). The Labute approximate surface area is 105 Å². The Morgan fingerprint density at radius 1 is 1.29 bits per heavy atom. The summed E-state index contributed by atoms with van der Waals surface area (Å²) in [5.41, 5.74) is 0. The number of sulfonamides is 1. The molecule has 0 radical (unpaired) electrons. The lowest BCUT2D eigenvalue weighted by Gasteiger charge is -2.31. The van der Waals surface area contributed by atoms with Gasteiger partial charge in [0.15, 0.2) is 0 Å². The second kappa shape index (κ2) is 5.24. The molecular formula is C12H24N2O2S. The summed E-state index contributed by atoms with van der Waals surface area (Å²) in [6.07, 6.45) is 6.04. The molecule has 2 fully saturated rings. The van der Waals surface area contributed by atoms with Gasteiger partial charge >= 0.3 is 0 Å². The van der Waals surface area contributed by atoms with Crippen LogP contribution in [0, 0.1) is 5.92 Å². The van der Waals surface area contributed by atoms with Crippen LogP contribution in [0.2, 0.25) is 0 Å². The van der Waals surface area contributed by atoms with E-state index in [-0.39, 0.29) is 5.25 Å². The van der Waals surface area contributed by atoms with E-state index in [9.17, 15) is 8.42 Å². The largest absolute Gasteiger partial charge is 0.313 e. The smallest absolute Gasteiger partial charge is 0.217 e. The zero-order valence-electron chi connectivity index (χ0n) is 10.9. The van der Waals surface area contributed by atoms with Crippen LogP contribution in [-0.4, -0.2) is 44.2 Å². The third kappa shape index (κ3) is 3.42. The van der Waals surface area contributed by atoms with Gasteiger partial charge in [-0.15, -0.1) is 0 Å². The van der Waals surface area contributed by atoms with Gasteiger partial charge in [-0.3, -0.25) is 0 Å². The van der Waals surface area contributed by atoms with Crippen molar-refractivity contribution >= 4 is 10.0 Å². The van der Waals surface area contributed by atoms with Crippen LogP contribution in [0.1, 0.15) is 39.0 Å². The second-order valence-corrected chi connectivity index (χ2v) is 8.07. The molecule has 0 aromatic heterocycles. The van der Waals surface area contributed by atoms with Crippen molar-refractivity contribution < 1.29 is 8.42 Å². The standard InChI is InChI=1S/C12H24N2O2S/c1-10(8-13-12-6-7-12)17(15,16)14(2)9-11-4-3-5-11/h10-13H,3-9H2,1-2H3. The van der Waals surface area contributed by atoms with Gasteiger partial charge in [0.05, 0.1) is 5.25 Å². The molecular weight excluding hydrogens is 236 g/mol. The molecule has 1 atom stereocenters. The molecule has 0 saturated heterocycles. The maximum Gasteiger partial charge on any atom is 0.217 e. The van der Waals surface area contributed by atoms with E-state index in [1.54, 1.807) is 11.4 Å². The van der Waals surface area contributed by atoms with Gasteiger partial charge in [0, 0.05) is 26.2 Å². The molecule has 0 spiro atoms. The Morgan fingerprint density at radius 3 is 2.41 bits per heavy atom. The first-order valence-electron chi connectivity index (χ1n) is 6.68. The van der Waals surface area contributed by atoms with E-state index in [1.165, 1.54) is 32.1 Å². The molecule has 1 unspecified atom stereocenters. The van der Waals surface area contributed by atoms with Crippen LogP contribution in [0.4, 0.5) is 0 Å². The van der Waals surface area contributed by atoms with E-state index in [2.05, 4.69) is 5.32 Å². The molecule has 0 aliphatic heterocycles. The quantitative estimate of drug-likeness (QED) is 0.748. The first-order chi connectivity index (χ1) is 8.00.